The molecule has 0 bridgehead atoms. The number of unbranched alkanes of at least 4 members (excludes halogenated alkanes) is 1. The van der Waals surface area contributed by atoms with Gasteiger partial charge in [-0.15, -0.1) is 0 Å². The predicted molar refractivity (Wildman–Crippen MR) is 85.8 cm³/mol. The van der Waals surface area contributed by atoms with Gasteiger partial charge in [0.25, 0.3) is 0 Å². The minimum Gasteiger partial charge on any atom is -0.476 e. The summed E-state index contributed by atoms with van der Waals surface area (Å²) in [6, 6.07) is 0. The number of nitrogens with one attached hydrogen (secondary N) is 1. The lowest BCUT2D eigenvalue weighted by molar-refractivity contribution is 0.131. The van der Waals surface area contributed by atoms with Crippen LogP contribution in [-0.4, -0.2) is 36.3 Å². The van der Waals surface area contributed by atoms with Crippen LogP contribution in [0.1, 0.15) is 45.4 Å². The zero-order valence-corrected chi connectivity index (χ0v) is 13.4. The molecule has 0 aliphatic carbocycles. The van der Waals surface area contributed by atoms with Crippen molar-refractivity contribution in [1.82, 2.24) is 9.97 Å². The third kappa shape index (κ3) is 6.62. The summed E-state index contributed by atoms with van der Waals surface area (Å²) < 4.78 is 11.1. The Morgan fingerprint density at radius 2 is 1.81 bits per heavy atom. The highest BCUT2D eigenvalue weighted by Crippen LogP contribution is 2.25. The van der Waals surface area contributed by atoms with Gasteiger partial charge >= 0.3 is 0 Å². The average molecular weight is 296 g/mol. The summed E-state index contributed by atoms with van der Waals surface area (Å²) in [5.74, 6) is 1.75. The van der Waals surface area contributed by atoms with E-state index >= 15 is 0 Å². The third-order valence-electron chi connectivity index (χ3n) is 2.87. The maximum absolute atomic E-state index is 6.03. The normalized spacial score (nSPS) is 10.6. The van der Waals surface area contributed by atoms with Gasteiger partial charge < -0.3 is 20.5 Å². The molecule has 0 atom stereocenters. The van der Waals surface area contributed by atoms with Gasteiger partial charge in [0.15, 0.2) is 5.82 Å². The second-order valence-electron chi connectivity index (χ2n) is 4.93. The quantitative estimate of drug-likeness (QED) is 0.611. The highest BCUT2D eigenvalue weighted by atomic mass is 16.5. The number of anilines is 2. The molecule has 21 heavy (non-hydrogen) atoms. The van der Waals surface area contributed by atoms with Crippen molar-refractivity contribution in [3.05, 3.63) is 5.82 Å². The van der Waals surface area contributed by atoms with Gasteiger partial charge in [-0.2, -0.15) is 4.98 Å². The van der Waals surface area contributed by atoms with Crippen molar-refractivity contribution in [1.29, 1.82) is 0 Å². The molecule has 0 amide bonds. The Bertz CT molecular complexity index is 413. The summed E-state index contributed by atoms with van der Waals surface area (Å²) in [6.07, 6.45) is 4.11. The Labute approximate surface area is 127 Å². The van der Waals surface area contributed by atoms with Crippen molar-refractivity contribution in [3.63, 3.8) is 0 Å². The van der Waals surface area contributed by atoms with Crippen LogP contribution in [0, 0.1) is 6.92 Å². The number of nitrogen functional groups attached to an aromatic ring is 1. The van der Waals surface area contributed by atoms with Crippen molar-refractivity contribution < 1.29 is 9.47 Å². The molecule has 0 unspecified atom stereocenters. The number of aryl methyl sites for hydroxylation is 1. The number of nitrogens with zero attached hydrogens (tertiary/aromatic N) is 2. The van der Waals surface area contributed by atoms with Gasteiger partial charge in [-0.25, -0.2) is 4.98 Å². The fraction of sp³-hybridized carbons (Fsp3) is 0.733. The number of aromatic nitrogens is 2. The van der Waals surface area contributed by atoms with Crippen molar-refractivity contribution in [2.45, 2.75) is 46.5 Å². The first kappa shape index (κ1) is 17.5. The topological polar surface area (TPSA) is 82.3 Å². The van der Waals surface area contributed by atoms with Gasteiger partial charge in [-0.3, -0.25) is 0 Å². The molecule has 0 aliphatic heterocycles. The number of rotatable bonds is 11. The Morgan fingerprint density at radius 1 is 1.05 bits per heavy atom. The van der Waals surface area contributed by atoms with Gasteiger partial charge in [0, 0.05) is 19.8 Å². The smallest absolute Gasteiger partial charge is 0.242 e. The van der Waals surface area contributed by atoms with Crippen molar-refractivity contribution >= 4 is 11.5 Å². The number of hydrogen-bond donors (Lipinski definition) is 2. The van der Waals surface area contributed by atoms with E-state index in [1.165, 1.54) is 0 Å². The molecule has 0 radical (unpaired) electrons. The Hall–Kier alpha value is -1.56. The van der Waals surface area contributed by atoms with E-state index in [0.29, 0.717) is 29.8 Å². The fourth-order valence-corrected chi connectivity index (χ4v) is 1.73. The Kier molecular flexibility index (Phi) is 8.50. The van der Waals surface area contributed by atoms with E-state index in [2.05, 4.69) is 22.2 Å². The summed E-state index contributed by atoms with van der Waals surface area (Å²) in [6.45, 7) is 8.98. The molecule has 6 heteroatoms. The molecule has 0 aromatic carbocycles. The van der Waals surface area contributed by atoms with Crippen LogP contribution in [0.4, 0.5) is 11.5 Å². The number of nitrogens with two attached hydrogens (primary N) is 1. The maximum Gasteiger partial charge on any atom is 0.242 e. The summed E-state index contributed by atoms with van der Waals surface area (Å²) in [5.41, 5.74) is 6.50. The standard InChI is InChI=1S/C15H28N4O2/c1-4-6-10-20-11-7-8-17-14-13(16)15(21-9-5-2)19-12(3)18-14/h4-11,16H2,1-3H3,(H,17,18,19). The van der Waals surface area contributed by atoms with Gasteiger partial charge in [-0.1, -0.05) is 20.3 Å². The molecule has 1 aromatic rings. The van der Waals surface area contributed by atoms with E-state index in [1.807, 2.05) is 13.8 Å². The molecule has 0 fully saturated rings. The highest BCUT2D eigenvalue weighted by Gasteiger charge is 2.10. The summed E-state index contributed by atoms with van der Waals surface area (Å²) in [4.78, 5) is 8.55. The van der Waals surface area contributed by atoms with Crippen LogP contribution in [0.25, 0.3) is 0 Å². The molecule has 1 heterocycles. The first-order chi connectivity index (χ1) is 10.2. The van der Waals surface area contributed by atoms with Crippen molar-refractivity contribution in [2.24, 2.45) is 0 Å². The average Bonchev–Trinajstić information content (AvgIpc) is 2.47. The molecule has 3 N–H and O–H groups in total. The van der Waals surface area contributed by atoms with E-state index < -0.39 is 0 Å². The van der Waals surface area contributed by atoms with E-state index in [4.69, 9.17) is 15.2 Å². The minimum atomic E-state index is 0.464. The van der Waals surface area contributed by atoms with Crippen molar-refractivity contribution in [3.8, 4) is 5.88 Å². The molecule has 0 saturated heterocycles. The molecule has 0 spiro atoms. The summed E-state index contributed by atoms with van der Waals surface area (Å²) in [7, 11) is 0. The zero-order chi connectivity index (χ0) is 15.5. The Morgan fingerprint density at radius 3 is 2.52 bits per heavy atom. The van der Waals surface area contributed by atoms with Crippen LogP contribution < -0.4 is 15.8 Å². The largest absolute Gasteiger partial charge is 0.476 e. The number of hydrogen-bond acceptors (Lipinski definition) is 6. The van der Waals surface area contributed by atoms with Gasteiger partial charge in [0.1, 0.15) is 11.5 Å². The molecule has 1 aromatic heterocycles. The zero-order valence-electron chi connectivity index (χ0n) is 13.4. The van der Waals surface area contributed by atoms with Crippen LogP contribution >= 0.6 is 0 Å². The first-order valence-corrected chi connectivity index (χ1v) is 7.77. The van der Waals surface area contributed by atoms with Crippen molar-refractivity contribution in [2.75, 3.05) is 37.4 Å². The Balaban J connectivity index is 2.41. The third-order valence-corrected chi connectivity index (χ3v) is 2.87. The van der Waals surface area contributed by atoms with Crippen LogP contribution in [0.15, 0.2) is 0 Å². The molecule has 1 rings (SSSR count). The first-order valence-electron chi connectivity index (χ1n) is 7.77. The lowest BCUT2D eigenvalue weighted by Crippen LogP contribution is -2.12. The molecular weight excluding hydrogens is 268 g/mol. The lowest BCUT2D eigenvalue weighted by atomic mass is 10.3. The van der Waals surface area contributed by atoms with Gasteiger partial charge in [0.2, 0.25) is 5.88 Å². The monoisotopic (exact) mass is 296 g/mol. The summed E-state index contributed by atoms with van der Waals surface area (Å²) >= 11 is 0. The van der Waals surface area contributed by atoms with Crippen LogP contribution in [0.3, 0.4) is 0 Å². The van der Waals surface area contributed by atoms with E-state index in [9.17, 15) is 0 Å². The van der Waals surface area contributed by atoms with Gasteiger partial charge in [-0.05, 0) is 26.2 Å². The van der Waals surface area contributed by atoms with E-state index in [-0.39, 0.29) is 0 Å². The second-order valence-corrected chi connectivity index (χ2v) is 4.93. The molecule has 120 valence electrons. The SMILES string of the molecule is CCCCOCCCNc1nc(C)nc(OCCC)c1N. The van der Waals surface area contributed by atoms with Crippen LogP contribution in [0.5, 0.6) is 5.88 Å². The van der Waals surface area contributed by atoms with E-state index in [0.717, 1.165) is 45.4 Å². The fourth-order valence-electron chi connectivity index (χ4n) is 1.73. The molecular formula is C15H28N4O2. The maximum atomic E-state index is 6.03. The van der Waals surface area contributed by atoms with Gasteiger partial charge in [0.05, 0.1) is 6.61 Å². The van der Waals surface area contributed by atoms with Crippen LogP contribution in [-0.2, 0) is 4.74 Å². The molecule has 6 nitrogen and oxygen atoms in total. The molecule has 0 saturated carbocycles. The number of ether oxygens (including phenoxy) is 2. The lowest BCUT2D eigenvalue weighted by Gasteiger charge is -2.13. The minimum absolute atomic E-state index is 0.464. The van der Waals surface area contributed by atoms with E-state index in [1.54, 1.807) is 0 Å². The highest BCUT2D eigenvalue weighted by molar-refractivity contribution is 5.66. The predicted octanol–water partition coefficient (Wildman–Crippen LogP) is 2.77. The second kappa shape index (κ2) is 10.2. The van der Waals surface area contributed by atoms with Crippen LogP contribution in [0.2, 0.25) is 0 Å². The molecule has 0 aliphatic rings. The summed E-state index contributed by atoms with van der Waals surface area (Å²) in [5, 5.41) is 3.23.